The third-order valence-electron chi connectivity index (χ3n) is 6.93. The third kappa shape index (κ3) is 27.8. The molecule has 0 heterocycles. The summed E-state index contributed by atoms with van der Waals surface area (Å²) in [6.45, 7) is 5.33. The maximum Gasteiger partial charge on any atom is 0.306 e. The number of carbonyl (C=O) groups is 1. The van der Waals surface area contributed by atoms with Crippen LogP contribution < -0.4 is 0 Å². The molecule has 1 N–H and O–H groups in total. The van der Waals surface area contributed by atoms with E-state index in [2.05, 4.69) is 13.8 Å². The van der Waals surface area contributed by atoms with Crippen LogP contribution in [0.2, 0.25) is 0 Å². The van der Waals surface area contributed by atoms with E-state index >= 15 is 0 Å². The molecule has 210 valence electrons. The molecule has 0 spiro atoms. The molecule has 0 aliphatic heterocycles. The Labute approximate surface area is 219 Å². The normalized spacial score (nSPS) is 12.2. The summed E-state index contributed by atoms with van der Waals surface area (Å²) >= 11 is 0. The van der Waals surface area contributed by atoms with Gasteiger partial charge in [0, 0.05) is 13.0 Å². The Hall–Kier alpha value is -0.610. The summed E-state index contributed by atoms with van der Waals surface area (Å²) in [5.74, 6) is -0.205. The van der Waals surface area contributed by atoms with Gasteiger partial charge in [-0.15, -0.1) is 0 Å². The van der Waals surface area contributed by atoms with Gasteiger partial charge in [0.25, 0.3) is 0 Å². The van der Waals surface area contributed by atoms with Gasteiger partial charge in [-0.05, 0) is 12.8 Å². The van der Waals surface area contributed by atoms with E-state index in [1.54, 1.807) is 0 Å². The van der Waals surface area contributed by atoms with Crippen molar-refractivity contribution in [3.63, 3.8) is 0 Å². The van der Waals surface area contributed by atoms with Crippen LogP contribution in [-0.2, 0) is 14.3 Å². The molecule has 1 unspecified atom stereocenters. The van der Waals surface area contributed by atoms with Gasteiger partial charge in [0.05, 0.1) is 13.2 Å². The summed E-state index contributed by atoms with van der Waals surface area (Å²) < 4.78 is 11.0. The standard InChI is InChI=1S/C31H62O4/c1-3-5-7-9-11-12-13-14-15-16-17-18-19-21-23-25-27-34-29-30(28-32)35-31(33)26-24-22-20-10-8-6-4-2/h30,32H,3-29H2,1-2H3. The van der Waals surface area contributed by atoms with Crippen molar-refractivity contribution in [1.82, 2.24) is 0 Å². The molecule has 0 saturated carbocycles. The molecule has 0 fully saturated rings. The second-order valence-electron chi connectivity index (χ2n) is 10.5. The Morgan fingerprint density at radius 3 is 1.34 bits per heavy atom. The number of esters is 1. The number of unbranched alkanes of at least 4 members (excludes halogenated alkanes) is 21. The zero-order chi connectivity index (χ0) is 25.7. The van der Waals surface area contributed by atoms with E-state index < -0.39 is 6.10 Å². The van der Waals surface area contributed by atoms with Crippen LogP contribution in [-0.4, -0.2) is 37.0 Å². The summed E-state index contributed by atoms with van der Waals surface area (Å²) in [6.07, 6.45) is 30.0. The fraction of sp³-hybridized carbons (Fsp3) is 0.968. The Kier molecular flexibility index (Phi) is 29.1. The second-order valence-corrected chi connectivity index (χ2v) is 10.5. The number of aliphatic hydroxyl groups excluding tert-OH is 1. The van der Waals surface area contributed by atoms with Crippen LogP contribution >= 0.6 is 0 Å². The molecule has 0 saturated heterocycles. The van der Waals surface area contributed by atoms with Crippen molar-refractivity contribution in [2.75, 3.05) is 19.8 Å². The quantitative estimate of drug-likeness (QED) is 0.0824. The lowest BCUT2D eigenvalue weighted by Gasteiger charge is -2.15. The van der Waals surface area contributed by atoms with Gasteiger partial charge in [-0.2, -0.15) is 0 Å². The minimum absolute atomic E-state index is 0.165. The van der Waals surface area contributed by atoms with E-state index in [4.69, 9.17) is 9.47 Å². The summed E-state index contributed by atoms with van der Waals surface area (Å²) in [5, 5.41) is 9.45. The lowest BCUT2D eigenvalue weighted by atomic mass is 10.0. The first-order valence-electron chi connectivity index (χ1n) is 15.6. The number of aliphatic hydroxyl groups is 1. The van der Waals surface area contributed by atoms with Crippen molar-refractivity contribution in [3.8, 4) is 0 Å². The molecule has 0 aromatic carbocycles. The molecular weight excluding hydrogens is 436 g/mol. The molecule has 0 aromatic rings. The number of hydrogen-bond acceptors (Lipinski definition) is 4. The average Bonchev–Trinajstić information content (AvgIpc) is 2.86. The highest BCUT2D eigenvalue weighted by molar-refractivity contribution is 5.69. The highest BCUT2D eigenvalue weighted by atomic mass is 16.6. The third-order valence-corrected chi connectivity index (χ3v) is 6.93. The van der Waals surface area contributed by atoms with Gasteiger partial charge in [0.2, 0.25) is 0 Å². The highest BCUT2D eigenvalue weighted by Crippen LogP contribution is 2.14. The SMILES string of the molecule is CCCCCCCCCCCCCCCCCCOCC(CO)OC(=O)CCCCCCCCC. The van der Waals surface area contributed by atoms with Gasteiger partial charge in [-0.25, -0.2) is 0 Å². The van der Waals surface area contributed by atoms with E-state index in [0.29, 0.717) is 19.6 Å². The number of rotatable bonds is 29. The van der Waals surface area contributed by atoms with Crippen molar-refractivity contribution < 1.29 is 19.4 Å². The second kappa shape index (κ2) is 29.6. The largest absolute Gasteiger partial charge is 0.457 e. The number of carbonyl (C=O) groups excluding carboxylic acids is 1. The summed E-state index contributed by atoms with van der Waals surface area (Å²) in [7, 11) is 0. The first-order valence-corrected chi connectivity index (χ1v) is 15.6. The summed E-state index contributed by atoms with van der Waals surface area (Å²) in [4.78, 5) is 12.0. The van der Waals surface area contributed by atoms with Crippen LogP contribution in [0.15, 0.2) is 0 Å². The fourth-order valence-electron chi connectivity index (χ4n) is 4.56. The predicted octanol–water partition coefficient (Wildman–Crippen LogP) is 9.31. The first-order chi connectivity index (χ1) is 17.2. The zero-order valence-electron chi connectivity index (χ0n) is 23.8. The molecule has 0 aromatic heterocycles. The molecule has 4 nitrogen and oxygen atoms in total. The summed E-state index contributed by atoms with van der Waals surface area (Å²) in [6, 6.07) is 0. The van der Waals surface area contributed by atoms with Crippen LogP contribution in [0.3, 0.4) is 0 Å². The molecule has 0 amide bonds. The van der Waals surface area contributed by atoms with Gasteiger partial charge < -0.3 is 14.6 Å². The van der Waals surface area contributed by atoms with Crippen molar-refractivity contribution in [2.45, 2.75) is 174 Å². The lowest BCUT2D eigenvalue weighted by molar-refractivity contribution is -0.154. The predicted molar refractivity (Wildman–Crippen MR) is 150 cm³/mol. The monoisotopic (exact) mass is 498 g/mol. The van der Waals surface area contributed by atoms with Crippen molar-refractivity contribution in [3.05, 3.63) is 0 Å². The van der Waals surface area contributed by atoms with Crippen molar-refractivity contribution in [2.24, 2.45) is 0 Å². The molecule has 1 atom stereocenters. The van der Waals surface area contributed by atoms with Crippen LogP contribution in [0, 0.1) is 0 Å². The molecule has 35 heavy (non-hydrogen) atoms. The number of hydrogen-bond donors (Lipinski definition) is 1. The maximum atomic E-state index is 12.0. The lowest BCUT2D eigenvalue weighted by Crippen LogP contribution is -2.27. The van der Waals surface area contributed by atoms with Gasteiger partial charge >= 0.3 is 5.97 Å². The fourth-order valence-corrected chi connectivity index (χ4v) is 4.56. The Balaban J connectivity index is 3.35. The van der Waals surface area contributed by atoms with Crippen LogP contribution in [0.4, 0.5) is 0 Å². The molecule has 0 rings (SSSR count). The van der Waals surface area contributed by atoms with Crippen molar-refractivity contribution >= 4 is 5.97 Å². The van der Waals surface area contributed by atoms with Gasteiger partial charge in [-0.3, -0.25) is 4.79 Å². The van der Waals surface area contributed by atoms with Crippen LogP contribution in [0.25, 0.3) is 0 Å². The zero-order valence-corrected chi connectivity index (χ0v) is 23.8. The smallest absolute Gasteiger partial charge is 0.306 e. The van der Waals surface area contributed by atoms with E-state index in [1.165, 1.54) is 128 Å². The Morgan fingerprint density at radius 2 is 0.943 bits per heavy atom. The minimum Gasteiger partial charge on any atom is -0.457 e. The van der Waals surface area contributed by atoms with E-state index in [0.717, 1.165) is 19.3 Å². The highest BCUT2D eigenvalue weighted by Gasteiger charge is 2.13. The molecule has 0 aliphatic carbocycles. The topological polar surface area (TPSA) is 55.8 Å². The van der Waals surface area contributed by atoms with Crippen LogP contribution in [0.5, 0.6) is 0 Å². The Morgan fingerprint density at radius 1 is 0.571 bits per heavy atom. The molecular formula is C31H62O4. The Bertz CT molecular complexity index is 413. The van der Waals surface area contributed by atoms with Gasteiger partial charge in [0.15, 0.2) is 0 Å². The molecule has 0 bridgehead atoms. The van der Waals surface area contributed by atoms with E-state index in [1.807, 2.05) is 0 Å². The van der Waals surface area contributed by atoms with E-state index in [9.17, 15) is 9.90 Å². The first kappa shape index (κ1) is 34.4. The maximum absolute atomic E-state index is 12.0. The van der Waals surface area contributed by atoms with E-state index in [-0.39, 0.29) is 12.6 Å². The molecule has 0 radical (unpaired) electrons. The van der Waals surface area contributed by atoms with Crippen molar-refractivity contribution in [1.29, 1.82) is 0 Å². The number of ether oxygens (including phenoxy) is 2. The minimum atomic E-state index is -0.520. The summed E-state index contributed by atoms with van der Waals surface area (Å²) in [5.41, 5.74) is 0. The van der Waals surface area contributed by atoms with Gasteiger partial charge in [-0.1, -0.05) is 149 Å². The molecule has 4 heteroatoms. The average molecular weight is 499 g/mol. The molecule has 0 aliphatic rings. The van der Waals surface area contributed by atoms with Crippen LogP contribution in [0.1, 0.15) is 168 Å². The van der Waals surface area contributed by atoms with Gasteiger partial charge in [0.1, 0.15) is 6.10 Å².